The lowest BCUT2D eigenvalue weighted by Crippen LogP contribution is -1.76. The first-order valence-electron chi connectivity index (χ1n) is 5.79. The number of hydrogen-bond donors (Lipinski definition) is 2. The molecule has 0 spiro atoms. The predicted molar refractivity (Wildman–Crippen MR) is 71.2 cm³/mol. The van der Waals surface area contributed by atoms with Gasteiger partial charge in [-0.2, -0.15) is 15.4 Å². The number of hydrogen-bond acceptors (Lipinski definition) is 2. The summed E-state index contributed by atoms with van der Waals surface area (Å²) >= 11 is 0. The molecule has 0 amide bonds. The minimum absolute atomic E-state index is 0.887. The molecule has 0 unspecified atom stereocenters. The largest absolute Gasteiger partial charge is 0.361 e. The molecule has 18 heavy (non-hydrogen) atoms. The second-order valence-corrected chi connectivity index (χ2v) is 4.28. The Morgan fingerprint density at radius 1 is 0.889 bits per heavy atom. The topological polar surface area (TPSA) is 57.4 Å². The Labute approximate surface area is 103 Å². The maximum Gasteiger partial charge on any atom is 0.113 e. The summed E-state index contributed by atoms with van der Waals surface area (Å²) in [7, 11) is 0. The molecule has 2 heterocycles. The quantitative estimate of drug-likeness (QED) is 0.531. The van der Waals surface area contributed by atoms with Crippen molar-refractivity contribution in [2.24, 2.45) is 0 Å². The van der Waals surface area contributed by atoms with Gasteiger partial charge in [-0.05, 0) is 23.8 Å². The van der Waals surface area contributed by atoms with Crippen LogP contribution in [-0.2, 0) is 0 Å². The van der Waals surface area contributed by atoms with E-state index in [-0.39, 0.29) is 0 Å². The maximum absolute atomic E-state index is 4.12. The van der Waals surface area contributed by atoms with Gasteiger partial charge in [0.1, 0.15) is 11.0 Å². The fourth-order valence-corrected chi connectivity index (χ4v) is 2.32. The number of benzene rings is 2. The van der Waals surface area contributed by atoms with Crippen LogP contribution < -0.4 is 0 Å². The molecule has 0 saturated heterocycles. The van der Waals surface area contributed by atoms with Crippen LogP contribution in [0.2, 0.25) is 0 Å². The van der Waals surface area contributed by atoms with E-state index in [1.54, 1.807) is 0 Å². The molecule has 0 aliphatic rings. The molecule has 0 radical (unpaired) electrons. The number of para-hydroxylation sites is 1. The number of aromatic nitrogens is 4. The summed E-state index contributed by atoms with van der Waals surface area (Å²) in [5, 5.41) is 12.0. The van der Waals surface area contributed by atoms with E-state index >= 15 is 0 Å². The van der Waals surface area contributed by atoms with Gasteiger partial charge in [0, 0.05) is 22.7 Å². The fraction of sp³-hybridized carbons (Fsp3) is 0. The third-order valence-electron chi connectivity index (χ3n) is 3.22. The van der Waals surface area contributed by atoms with Crippen molar-refractivity contribution in [2.45, 2.75) is 0 Å². The summed E-state index contributed by atoms with van der Waals surface area (Å²) in [6.07, 6.45) is 2.03. The first-order valence-corrected chi connectivity index (χ1v) is 5.79. The van der Waals surface area contributed by atoms with E-state index in [0.29, 0.717) is 0 Å². The molecule has 0 fully saturated rings. The molecule has 2 aromatic carbocycles. The van der Waals surface area contributed by atoms with Crippen LogP contribution in [0.5, 0.6) is 0 Å². The normalized spacial score (nSPS) is 11.3. The zero-order valence-electron chi connectivity index (χ0n) is 9.51. The lowest BCUT2D eigenvalue weighted by atomic mass is 10.0. The van der Waals surface area contributed by atoms with E-state index in [1.165, 1.54) is 10.9 Å². The van der Waals surface area contributed by atoms with Crippen molar-refractivity contribution in [1.29, 1.82) is 0 Å². The predicted octanol–water partition coefficient (Wildman–Crippen LogP) is 3.11. The van der Waals surface area contributed by atoms with Crippen LogP contribution in [0.15, 0.2) is 48.7 Å². The van der Waals surface area contributed by atoms with E-state index in [0.717, 1.165) is 22.1 Å². The molecule has 2 aromatic heterocycles. The molecular weight excluding hydrogens is 224 g/mol. The van der Waals surface area contributed by atoms with E-state index in [4.69, 9.17) is 0 Å². The zero-order valence-corrected chi connectivity index (χ0v) is 9.51. The van der Waals surface area contributed by atoms with Crippen LogP contribution in [0.4, 0.5) is 0 Å². The number of nitrogens with zero attached hydrogens (tertiary/aromatic N) is 2. The summed E-state index contributed by atoms with van der Waals surface area (Å²) in [6, 6.07) is 14.4. The molecule has 0 aliphatic heterocycles. The molecule has 2 N–H and O–H groups in total. The Morgan fingerprint density at radius 3 is 2.78 bits per heavy atom. The van der Waals surface area contributed by atoms with Gasteiger partial charge in [-0.15, -0.1) is 0 Å². The second kappa shape index (κ2) is 3.43. The molecule has 4 aromatic rings. The van der Waals surface area contributed by atoms with Gasteiger partial charge in [-0.3, -0.25) is 0 Å². The standard InChI is InChI=1S/C14H10N4/c1-2-4-12-10(3-1)11(8-15-12)9-5-6-13-14(7-9)17-18-16-13/h1-8,15H,(H,16,17,18). The van der Waals surface area contributed by atoms with Gasteiger partial charge >= 0.3 is 0 Å². The van der Waals surface area contributed by atoms with Gasteiger partial charge in [-0.25, -0.2) is 0 Å². The fourth-order valence-electron chi connectivity index (χ4n) is 2.32. The third kappa shape index (κ3) is 1.26. The molecule has 0 aliphatic carbocycles. The summed E-state index contributed by atoms with van der Waals surface area (Å²) in [4.78, 5) is 3.28. The number of nitrogens with one attached hydrogen (secondary N) is 2. The molecule has 4 heteroatoms. The number of aromatic amines is 2. The Balaban J connectivity index is 2.00. The van der Waals surface area contributed by atoms with Crippen molar-refractivity contribution in [1.82, 2.24) is 20.4 Å². The smallest absolute Gasteiger partial charge is 0.113 e. The average Bonchev–Trinajstić information content (AvgIpc) is 3.04. The maximum atomic E-state index is 4.12. The monoisotopic (exact) mass is 234 g/mol. The average molecular weight is 234 g/mol. The van der Waals surface area contributed by atoms with E-state index in [1.807, 2.05) is 24.4 Å². The number of rotatable bonds is 1. The highest BCUT2D eigenvalue weighted by Gasteiger charge is 2.07. The summed E-state index contributed by atoms with van der Waals surface area (Å²) in [5.41, 5.74) is 5.26. The first-order chi connectivity index (χ1) is 8.92. The van der Waals surface area contributed by atoms with Crippen LogP contribution in [0.3, 0.4) is 0 Å². The van der Waals surface area contributed by atoms with Crippen molar-refractivity contribution < 1.29 is 0 Å². The molecule has 86 valence electrons. The van der Waals surface area contributed by atoms with E-state index < -0.39 is 0 Å². The van der Waals surface area contributed by atoms with Crippen LogP contribution in [0.1, 0.15) is 0 Å². The zero-order chi connectivity index (χ0) is 11.9. The Kier molecular flexibility index (Phi) is 1.80. The Morgan fingerprint density at radius 2 is 1.78 bits per heavy atom. The molecule has 4 rings (SSSR count). The van der Waals surface area contributed by atoms with Crippen molar-refractivity contribution >= 4 is 21.9 Å². The van der Waals surface area contributed by atoms with Crippen LogP contribution >= 0.6 is 0 Å². The minimum atomic E-state index is 0.887. The minimum Gasteiger partial charge on any atom is -0.361 e. The van der Waals surface area contributed by atoms with Crippen LogP contribution in [-0.4, -0.2) is 20.4 Å². The summed E-state index contributed by atoms with van der Waals surface area (Å²) in [6.45, 7) is 0. The molecular formula is C14H10N4. The Hall–Kier alpha value is -2.62. The molecule has 0 saturated carbocycles. The molecule has 4 nitrogen and oxygen atoms in total. The SMILES string of the molecule is c1ccc2c(-c3ccc4n[nH]nc4c3)c[nH]c2c1. The third-order valence-corrected chi connectivity index (χ3v) is 3.22. The van der Waals surface area contributed by atoms with Crippen LogP contribution in [0.25, 0.3) is 33.1 Å². The summed E-state index contributed by atoms with van der Waals surface area (Å²) < 4.78 is 0. The number of H-pyrrole nitrogens is 2. The lowest BCUT2D eigenvalue weighted by molar-refractivity contribution is 0.959. The first kappa shape index (κ1) is 9.41. The highest BCUT2D eigenvalue weighted by molar-refractivity contribution is 5.97. The van der Waals surface area contributed by atoms with E-state index in [2.05, 4.69) is 44.7 Å². The second-order valence-electron chi connectivity index (χ2n) is 4.28. The van der Waals surface area contributed by atoms with E-state index in [9.17, 15) is 0 Å². The molecule has 0 bridgehead atoms. The summed E-state index contributed by atoms with van der Waals surface area (Å²) in [5.74, 6) is 0. The van der Waals surface area contributed by atoms with Gasteiger partial charge in [0.05, 0.1) is 0 Å². The van der Waals surface area contributed by atoms with Crippen molar-refractivity contribution in [2.75, 3.05) is 0 Å². The van der Waals surface area contributed by atoms with Crippen LogP contribution in [0, 0.1) is 0 Å². The van der Waals surface area contributed by atoms with Gasteiger partial charge in [0.15, 0.2) is 0 Å². The number of fused-ring (bicyclic) bond motifs is 2. The van der Waals surface area contributed by atoms with Gasteiger partial charge in [-0.1, -0.05) is 24.3 Å². The van der Waals surface area contributed by atoms with Gasteiger partial charge in [0.25, 0.3) is 0 Å². The molecule has 0 atom stereocenters. The lowest BCUT2D eigenvalue weighted by Gasteiger charge is -1.98. The highest BCUT2D eigenvalue weighted by atomic mass is 15.3. The van der Waals surface area contributed by atoms with Crippen molar-refractivity contribution in [3.8, 4) is 11.1 Å². The Bertz CT molecular complexity index is 841. The van der Waals surface area contributed by atoms with Gasteiger partial charge in [0.2, 0.25) is 0 Å². The highest BCUT2D eigenvalue weighted by Crippen LogP contribution is 2.29. The van der Waals surface area contributed by atoms with Gasteiger partial charge < -0.3 is 4.98 Å². The van der Waals surface area contributed by atoms with Crippen molar-refractivity contribution in [3.63, 3.8) is 0 Å². The van der Waals surface area contributed by atoms with Crippen molar-refractivity contribution in [3.05, 3.63) is 48.7 Å².